The van der Waals surface area contributed by atoms with Gasteiger partial charge in [0.2, 0.25) is 5.91 Å². The summed E-state index contributed by atoms with van der Waals surface area (Å²) >= 11 is 0. The maximum Gasteiger partial charge on any atom is 0.342 e. The summed E-state index contributed by atoms with van der Waals surface area (Å²) in [5.74, 6) is -2.85. The van der Waals surface area contributed by atoms with Crippen LogP contribution in [0.2, 0.25) is 0 Å². The van der Waals surface area contributed by atoms with Crippen LogP contribution in [-0.4, -0.2) is 17.0 Å². The molecule has 1 amide bonds. The number of primary amides is 1. The van der Waals surface area contributed by atoms with Crippen molar-refractivity contribution in [3.8, 4) is 5.75 Å². The van der Waals surface area contributed by atoms with Gasteiger partial charge in [0.25, 0.3) is 0 Å². The molecule has 21 heavy (non-hydrogen) atoms. The van der Waals surface area contributed by atoms with E-state index in [1.807, 2.05) is 0 Å². The van der Waals surface area contributed by atoms with E-state index < -0.39 is 23.3 Å². The van der Waals surface area contributed by atoms with E-state index in [2.05, 4.69) is 0 Å². The van der Waals surface area contributed by atoms with Gasteiger partial charge in [0, 0.05) is 5.56 Å². The largest absolute Gasteiger partial charge is 0.488 e. The number of nitrogens with two attached hydrogens (primary N) is 1. The van der Waals surface area contributed by atoms with Crippen molar-refractivity contribution >= 4 is 11.9 Å². The lowest BCUT2D eigenvalue weighted by molar-refractivity contribution is 0.0686. The molecule has 5 nitrogen and oxygen atoms in total. The summed E-state index contributed by atoms with van der Waals surface area (Å²) in [5.41, 5.74) is 5.67. The molecule has 3 N–H and O–H groups in total. The Morgan fingerprint density at radius 2 is 1.81 bits per heavy atom. The summed E-state index contributed by atoms with van der Waals surface area (Å²) < 4.78 is 18.8. The van der Waals surface area contributed by atoms with E-state index >= 15 is 0 Å². The van der Waals surface area contributed by atoms with E-state index in [1.54, 1.807) is 12.1 Å². The summed E-state index contributed by atoms with van der Waals surface area (Å²) in [7, 11) is 0. The summed E-state index contributed by atoms with van der Waals surface area (Å²) in [6.07, 6.45) is 0. The number of ether oxygens (including phenoxy) is 1. The summed E-state index contributed by atoms with van der Waals surface area (Å²) in [4.78, 5) is 21.9. The Labute approximate surface area is 119 Å². The first-order chi connectivity index (χ1) is 9.99. The SMILES string of the molecule is NC(=O)c1ccc(COc2cccc(F)c2C(=O)O)cc1. The molecule has 0 aromatic heterocycles. The normalized spacial score (nSPS) is 10.1. The fourth-order valence-electron chi connectivity index (χ4n) is 1.76. The van der Waals surface area contributed by atoms with Gasteiger partial charge in [-0.3, -0.25) is 4.79 Å². The number of benzene rings is 2. The summed E-state index contributed by atoms with van der Waals surface area (Å²) in [6, 6.07) is 10.1. The van der Waals surface area contributed by atoms with Crippen molar-refractivity contribution in [2.45, 2.75) is 6.61 Å². The Hall–Kier alpha value is -2.89. The second-order valence-corrected chi connectivity index (χ2v) is 4.27. The van der Waals surface area contributed by atoms with Gasteiger partial charge in [-0.25, -0.2) is 9.18 Å². The second kappa shape index (κ2) is 6.04. The summed E-state index contributed by atoms with van der Waals surface area (Å²) in [5, 5.41) is 8.97. The molecule has 0 spiro atoms. The zero-order valence-electron chi connectivity index (χ0n) is 10.9. The standard InChI is InChI=1S/C15H12FNO4/c16-11-2-1-3-12(13(11)15(19)20)21-8-9-4-6-10(7-5-9)14(17)18/h1-7H,8H2,(H2,17,18)(H,19,20). The lowest BCUT2D eigenvalue weighted by Crippen LogP contribution is -2.11. The quantitative estimate of drug-likeness (QED) is 0.883. The lowest BCUT2D eigenvalue weighted by atomic mass is 10.1. The van der Waals surface area contributed by atoms with Gasteiger partial charge in [-0.05, 0) is 29.8 Å². The van der Waals surface area contributed by atoms with Crippen LogP contribution in [-0.2, 0) is 6.61 Å². The van der Waals surface area contributed by atoms with Crippen molar-refractivity contribution in [2.24, 2.45) is 5.73 Å². The number of hydrogen-bond acceptors (Lipinski definition) is 3. The highest BCUT2D eigenvalue weighted by Crippen LogP contribution is 2.22. The van der Waals surface area contributed by atoms with E-state index in [4.69, 9.17) is 15.6 Å². The zero-order chi connectivity index (χ0) is 15.4. The number of aromatic carboxylic acids is 1. The molecular formula is C15H12FNO4. The van der Waals surface area contributed by atoms with Crippen LogP contribution in [0.25, 0.3) is 0 Å². The second-order valence-electron chi connectivity index (χ2n) is 4.27. The van der Waals surface area contributed by atoms with E-state index in [-0.39, 0.29) is 12.4 Å². The molecule has 0 aliphatic heterocycles. The first kappa shape index (κ1) is 14.5. The molecule has 0 heterocycles. The Kier molecular flexibility index (Phi) is 4.18. The van der Waals surface area contributed by atoms with Crippen LogP contribution < -0.4 is 10.5 Å². The van der Waals surface area contributed by atoms with Gasteiger partial charge in [-0.15, -0.1) is 0 Å². The Balaban J connectivity index is 2.15. The predicted molar refractivity (Wildman–Crippen MR) is 72.7 cm³/mol. The molecule has 2 aromatic carbocycles. The van der Waals surface area contributed by atoms with Gasteiger partial charge in [0.05, 0.1) is 0 Å². The third kappa shape index (κ3) is 3.36. The number of carbonyl (C=O) groups excluding carboxylic acids is 1. The van der Waals surface area contributed by atoms with Crippen LogP contribution in [0.4, 0.5) is 4.39 Å². The number of hydrogen-bond donors (Lipinski definition) is 2. The average molecular weight is 289 g/mol. The van der Waals surface area contributed by atoms with Gasteiger partial charge < -0.3 is 15.6 Å². The molecule has 2 aromatic rings. The number of carbonyl (C=O) groups is 2. The predicted octanol–water partition coefficient (Wildman–Crippen LogP) is 2.20. The third-order valence-corrected chi connectivity index (χ3v) is 2.82. The molecule has 0 unspecified atom stereocenters. The monoisotopic (exact) mass is 289 g/mol. The van der Waals surface area contributed by atoms with Crippen LogP contribution in [0.5, 0.6) is 5.75 Å². The van der Waals surface area contributed by atoms with Crippen LogP contribution in [0.15, 0.2) is 42.5 Å². The minimum Gasteiger partial charge on any atom is -0.488 e. The summed E-state index contributed by atoms with van der Waals surface area (Å²) in [6.45, 7) is 0.0444. The van der Waals surface area contributed by atoms with Crippen molar-refractivity contribution in [3.63, 3.8) is 0 Å². The fourth-order valence-corrected chi connectivity index (χ4v) is 1.76. The lowest BCUT2D eigenvalue weighted by Gasteiger charge is -2.10. The number of carboxylic acids is 1. The highest BCUT2D eigenvalue weighted by molar-refractivity contribution is 5.92. The van der Waals surface area contributed by atoms with Gasteiger partial charge in [-0.1, -0.05) is 18.2 Å². The van der Waals surface area contributed by atoms with Crippen molar-refractivity contribution in [3.05, 3.63) is 65.0 Å². The minimum atomic E-state index is -1.40. The van der Waals surface area contributed by atoms with E-state index in [0.717, 1.165) is 6.07 Å². The highest BCUT2D eigenvalue weighted by Gasteiger charge is 2.16. The number of carboxylic acid groups (broad SMARTS) is 1. The molecular weight excluding hydrogens is 277 g/mol. The smallest absolute Gasteiger partial charge is 0.342 e. The Bertz CT molecular complexity index is 683. The highest BCUT2D eigenvalue weighted by atomic mass is 19.1. The first-order valence-electron chi connectivity index (χ1n) is 6.02. The topological polar surface area (TPSA) is 89.6 Å². The zero-order valence-corrected chi connectivity index (χ0v) is 10.9. The van der Waals surface area contributed by atoms with E-state index in [0.29, 0.717) is 11.1 Å². The van der Waals surface area contributed by atoms with E-state index in [9.17, 15) is 14.0 Å². The van der Waals surface area contributed by atoms with Gasteiger partial charge in [0.15, 0.2) is 0 Å². The van der Waals surface area contributed by atoms with Crippen molar-refractivity contribution in [1.29, 1.82) is 0 Å². The van der Waals surface area contributed by atoms with Crippen LogP contribution in [0.3, 0.4) is 0 Å². The Morgan fingerprint density at radius 1 is 1.14 bits per heavy atom. The first-order valence-corrected chi connectivity index (χ1v) is 6.02. The molecule has 108 valence electrons. The van der Waals surface area contributed by atoms with Crippen LogP contribution >= 0.6 is 0 Å². The Morgan fingerprint density at radius 3 is 2.38 bits per heavy atom. The molecule has 0 aliphatic carbocycles. The molecule has 0 bridgehead atoms. The number of amides is 1. The maximum absolute atomic E-state index is 13.5. The van der Waals surface area contributed by atoms with Crippen molar-refractivity contribution < 1.29 is 23.8 Å². The molecule has 0 atom stereocenters. The fraction of sp³-hybridized carbons (Fsp3) is 0.0667. The molecule has 6 heteroatoms. The van der Waals surface area contributed by atoms with Crippen molar-refractivity contribution in [2.75, 3.05) is 0 Å². The molecule has 0 radical (unpaired) electrons. The average Bonchev–Trinajstić information content (AvgIpc) is 2.45. The van der Waals surface area contributed by atoms with Crippen molar-refractivity contribution in [1.82, 2.24) is 0 Å². The van der Waals surface area contributed by atoms with Crippen LogP contribution in [0.1, 0.15) is 26.3 Å². The van der Waals surface area contributed by atoms with E-state index in [1.165, 1.54) is 24.3 Å². The molecule has 2 rings (SSSR count). The maximum atomic E-state index is 13.5. The van der Waals surface area contributed by atoms with Gasteiger partial charge in [0.1, 0.15) is 23.7 Å². The number of rotatable bonds is 5. The molecule has 0 aliphatic rings. The van der Waals surface area contributed by atoms with Gasteiger partial charge >= 0.3 is 5.97 Å². The number of halogens is 1. The molecule has 0 saturated carbocycles. The third-order valence-electron chi connectivity index (χ3n) is 2.82. The van der Waals surface area contributed by atoms with Gasteiger partial charge in [-0.2, -0.15) is 0 Å². The van der Waals surface area contributed by atoms with Crippen LogP contribution in [0, 0.1) is 5.82 Å². The minimum absolute atomic E-state index is 0.0444. The molecule has 0 saturated heterocycles. The molecule has 0 fully saturated rings.